The molecule has 3 aromatic rings. The molecule has 0 aromatic heterocycles. The lowest BCUT2D eigenvalue weighted by atomic mass is 10.1. The summed E-state index contributed by atoms with van der Waals surface area (Å²) in [6, 6.07) is 19.2. The standard InChI is InChI=1S/C21H16N2O5/c1-14-7-8-16(13-19(14)23(26)27)21(25)28-18-11-9-15(10-12-18)20(24)22-17-5-3-2-4-6-17/h2-13H,1H3,(H,22,24). The van der Waals surface area contributed by atoms with Gasteiger partial charge in [-0.25, -0.2) is 4.79 Å². The molecule has 0 saturated carbocycles. The van der Waals surface area contributed by atoms with Crippen LogP contribution < -0.4 is 10.1 Å². The van der Waals surface area contributed by atoms with Crippen LogP contribution in [0.4, 0.5) is 11.4 Å². The predicted molar refractivity (Wildman–Crippen MR) is 104 cm³/mol. The summed E-state index contributed by atoms with van der Waals surface area (Å²) >= 11 is 0. The van der Waals surface area contributed by atoms with Crippen molar-refractivity contribution in [1.82, 2.24) is 0 Å². The van der Waals surface area contributed by atoms with E-state index in [4.69, 9.17) is 4.74 Å². The molecule has 7 nitrogen and oxygen atoms in total. The lowest BCUT2D eigenvalue weighted by Crippen LogP contribution is -2.12. The largest absolute Gasteiger partial charge is 0.423 e. The molecule has 3 rings (SSSR count). The first kappa shape index (κ1) is 18.8. The number of nitro benzene ring substituents is 1. The van der Waals surface area contributed by atoms with Crippen LogP contribution in [-0.2, 0) is 0 Å². The second-order valence-electron chi connectivity index (χ2n) is 5.99. The van der Waals surface area contributed by atoms with Crippen LogP contribution in [0.15, 0.2) is 72.8 Å². The summed E-state index contributed by atoms with van der Waals surface area (Å²) in [6.45, 7) is 1.59. The number of benzene rings is 3. The number of nitrogens with one attached hydrogen (secondary N) is 1. The van der Waals surface area contributed by atoms with Crippen molar-refractivity contribution >= 4 is 23.3 Å². The molecule has 1 amide bonds. The molecule has 28 heavy (non-hydrogen) atoms. The highest BCUT2D eigenvalue weighted by molar-refractivity contribution is 6.04. The Balaban J connectivity index is 1.69. The number of anilines is 1. The summed E-state index contributed by atoms with van der Waals surface area (Å²) in [5.41, 5.74) is 1.44. The van der Waals surface area contributed by atoms with Crippen molar-refractivity contribution in [3.63, 3.8) is 0 Å². The number of hydrogen-bond acceptors (Lipinski definition) is 5. The van der Waals surface area contributed by atoms with Crippen LogP contribution in [0.25, 0.3) is 0 Å². The zero-order chi connectivity index (χ0) is 20.1. The predicted octanol–water partition coefficient (Wildman–Crippen LogP) is 4.37. The van der Waals surface area contributed by atoms with Crippen LogP contribution in [-0.4, -0.2) is 16.8 Å². The van der Waals surface area contributed by atoms with E-state index in [1.165, 1.54) is 42.5 Å². The van der Waals surface area contributed by atoms with Crippen LogP contribution in [0, 0.1) is 17.0 Å². The van der Waals surface area contributed by atoms with Crippen molar-refractivity contribution in [1.29, 1.82) is 0 Å². The van der Waals surface area contributed by atoms with Crippen molar-refractivity contribution in [2.45, 2.75) is 6.92 Å². The van der Waals surface area contributed by atoms with Gasteiger partial charge in [-0.05, 0) is 49.4 Å². The average Bonchev–Trinajstić information content (AvgIpc) is 2.69. The quantitative estimate of drug-likeness (QED) is 0.308. The highest BCUT2D eigenvalue weighted by Crippen LogP contribution is 2.21. The van der Waals surface area contributed by atoms with E-state index >= 15 is 0 Å². The first-order valence-corrected chi connectivity index (χ1v) is 8.38. The maximum absolute atomic E-state index is 12.2. The third kappa shape index (κ3) is 4.39. The molecule has 0 radical (unpaired) electrons. The number of rotatable bonds is 5. The van der Waals surface area contributed by atoms with Crippen LogP contribution in [0.1, 0.15) is 26.3 Å². The molecule has 140 valence electrons. The van der Waals surface area contributed by atoms with Gasteiger partial charge in [0.2, 0.25) is 0 Å². The maximum atomic E-state index is 12.2. The lowest BCUT2D eigenvalue weighted by molar-refractivity contribution is -0.385. The normalized spacial score (nSPS) is 10.2. The molecule has 0 aliphatic rings. The minimum atomic E-state index is -0.718. The molecule has 0 unspecified atom stereocenters. The van der Waals surface area contributed by atoms with Crippen LogP contribution in [0.2, 0.25) is 0 Å². The first-order valence-electron chi connectivity index (χ1n) is 8.38. The van der Waals surface area contributed by atoms with Gasteiger partial charge in [0.1, 0.15) is 5.75 Å². The SMILES string of the molecule is Cc1ccc(C(=O)Oc2ccc(C(=O)Nc3ccccc3)cc2)cc1[N+](=O)[O-]. The number of hydrogen-bond donors (Lipinski definition) is 1. The minimum absolute atomic E-state index is 0.0724. The van der Waals surface area contributed by atoms with Gasteiger partial charge in [0.15, 0.2) is 0 Å². The van der Waals surface area contributed by atoms with Crippen LogP contribution in [0.3, 0.4) is 0 Å². The Morgan fingerprint density at radius 3 is 2.21 bits per heavy atom. The fourth-order valence-corrected chi connectivity index (χ4v) is 2.50. The number of amides is 1. The second-order valence-corrected chi connectivity index (χ2v) is 5.99. The Kier molecular flexibility index (Phi) is 5.45. The van der Waals surface area contributed by atoms with E-state index in [1.54, 1.807) is 19.1 Å². The first-order chi connectivity index (χ1) is 13.4. The van der Waals surface area contributed by atoms with Crippen molar-refractivity contribution < 1.29 is 19.2 Å². The Hall–Kier alpha value is -4.00. The van der Waals surface area contributed by atoms with Gasteiger partial charge >= 0.3 is 5.97 Å². The molecule has 0 spiro atoms. The molecule has 0 atom stereocenters. The lowest BCUT2D eigenvalue weighted by Gasteiger charge is -2.07. The number of aryl methyl sites for hydroxylation is 1. The van der Waals surface area contributed by atoms with Crippen molar-refractivity contribution in [3.05, 3.63) is 99.6 Å². The fraction of sp³-hybridized carbons (Fsp3) is 0.0476. The molecule has 7 heteroatoms. The monoisotopic (exact) mass is 376 g/mol. The van der Waals surface area contributed by atoms with Crippen molar-refractivity contribution in [3.8, 4) is 5.75 Å². The second kappa shape index (κ2) is 8.13. The number of carbonyl (C=O) groups is 2. The van der Waals surface area contributed by atoms with E-state index < -0.39 is 10.9 Å². The zero-order valence-corrected chi connectivity index (χ0v) is 14.9. The number of esters is 1. The molecule has 0 saturated heterocycles. The molecule has 1 N–H and O–H groups in total. The van der Waals surface area contributed by atoms with E-state index in [0.29, 0.717) is 16.8 Å². The van der Waals surface area contributed by atoms with Gasteiger partial charge in [-0.15, -0.1) is 0 Å². The van der Waals surface area contributed by atoms with Gasteiger partial charge in [0.05, 0.1) is 10.5 Å². The summed E-state index contributed by atoms with van der Waals surface area (Å²) < 4.78 is 5.23. The Morgan fingerprint density at radius 1 is 0.929 bits per heavy atom. The molecule has 0 aliphatic heterocycles. The van der Waals surface area contributed by atoms with E-state index in [-0.39, 0.29) is 22.9 Å². The summed E-state index contributed by atoms with van der Waals surface area (Å²) in [4.78, 5) is 34.9. The Morgan fingerprint density at radius 2 is 1.57 bits per heavy atom. The fourth-order valence-electron chi connectivity index (χ4n) is 2.50. The smallest absolute Gasteiger partial charge is 0.343 e. The highest BCUT2D eigenvalue weighted by atomic mass is 16.6. The molecule has 3 aromatic carbocycles. The number of nitrogens with zero attached hydrogens (tertiary/aromatic N) is 1. The zero-order valence-electron chi connectivity index (χ0n) is 14.9. The molecular weight excluding hydrogens is 360 g/mol. The molecule has 0 bridgehead atoms. The van der Waals surface area contributed by atoms with E-state index in [0.717, 1.165) is 0 Å². The number of para-hydroxylation sites is 1. The third-order valence-electron chi connectivity index (χ3n) is 4.00. The molecule has 0 aliphatic carbocycles. The summed E-state index contributed by atoms with van der Waals surface area (Å²) in [7, 11) is 0. The topological polar surface area (TPSA) is 98.5 Å². The maximum Gasteiger partial charge on any atom is 0.343 e. The van der Waals surface area contributed by atoms with Gasteiger partial charge in [0.25, 0.3) is 11.6 Å². The Labute approximate surface area is 160 Å². The number of carbonyl (C=O) groups excluding carboxylic acids is 2. The molecular formula is C21H16N2O5. The third-order valence-corrected chi connectivity index (χ3v) is 4.00. The number of nitro groups is 1. The van der Waals surface area contributed by atoms with E-state index in [2.05, 4.69) is 5.32 Å². The average molecular weight is 376 g/mol. The highest BCUT2D eigenvalue weighted by Gasteiger charge is 2.16. The van der Waals surface area contributed by atoms with Crippen molar-refractivity contribution in [2.24, 2.45) is 0 Å². The van der Waals surface area contributed by atoms with Gasteiger partial charge in [0, 0.05) is 22.9 Å². The summed E-state index contributed by atoms with van der Waals surface area (Å²) in [5, 5.41) is 13.8. The summed E-state index contributed by atoms with van der Waals surface area (Å²) in [6.07, 6.45) is 0. The van der Waals surface area contributed by atoms with Gasteiger partial charge in [-0.1, -0.05) is 24.3 Å². The van der Waals surface area contributed by atoms with Crippen LogP contribution in [0.5, 0.6) is 5.75 Å². The number of ether oxygens (including phenoxy) is 1. The minimum Gasteiger partial charge on any atom is -0.423 e. The van der Waals surface area contributed by atoms with Gasteiger partial charge in [-0.3, -0.25) is 14.9 Å². The molecule has 0 heterocycles. The Bertz CT molecular complexity index is 1030. The summed E-state index contributed by atoms with van der Waals surface area (Å²) in [5.74, 6) is -0.785. The van der Waals surface area contributed by atoms with Gasteiger partial charge < -0.3 is 10.1 Å². The van der Waals surface area contributed by atoms with Crippen LogP contribution >= 0.6 is 0 Å². The molecule has 0 fully saturated rings. The van der Waals surface area contributed by atoms with Gasteiger partial charge in [-0.2, -0.15) is 0 Å². The van der Waals surface area contributed by atoms with E-state index in [1.807, 2.05) is 18.2 Å². The van der Waals surface area contributed by atoms with Crippen molar-refractivity contribution in [2.75, 3.05) is 5.32 Å². The van der Waals surface area contributed by atoms with E-state index in [9.17, 15) is 19.7 Å².